The zero-order valence-electron chi connectivity index (χ0n) is 11.7. The molecule has 0 amide bonds. The Morgan fingerprint density at radius 2 is 2.20 bits per heavy atom. The summed E-state index contributed by atoms with van der Waals surface area (Å²) in [6.45, 7) is 2.70. The van der Waals surface area contributed by atoms with Gasteiger partial charge in [-0.3, -0.25) is 0 Å². The van der Waals surface area contributed by atoms with Gasteiger partial charge >= 0.3 is 0 Å². The van der Waals surface area contributed by atoms with Crippen molar-refractivity contribution in [2.24, 2.45) is 0 Å². The number of sulfone groups is 1. The number of benzene rings is 1. The summed E-state index contributed by atoms with van der Waals surface area (Å²) in [4.78, 5) is 0.125. The van der Waals surface area contributed by atoms with Crippen LogP contribution in [0.5, 0.6) is 0 Å². The fourth-order valence-corrected chi connectivity index (χ4v) is 3.01. The molecule has 4 nitrogen and oxygen atoms in total. The summed E-state index contributed by atoms with van der Waals surface area (Å²) in [5, 5.41) is 3.11. The lowest BCUT2D eigenvalue weighted by molar-refractivity contribution is 0.00921. The van der Waals surface area contributed by atoms with Gasteiger partial charge in [0.25, 0.3) is 0 Å². The van der Waals surface area contributed by atoms with Crippen molar-refractivity contribution in [1.29, 1.82) is 0 Å². The molecule has 1 aromatic carbocycles. The van der Waals surface area contributed by atoms with Crippen molar-refractivity contribution in [3.63, 3.8) is 0 Å². The Hall–Kier alpha value is -1.14. The molecule has 1 aliphatic heterocycles. The molecule has 0 aliphatic carbocycles. The lowest BCUT2D eigenvalue weighted by Gasteiger charge is -2.30. The number of hydrogen-bond acceptors (Lipinski definition) is 4. The van der Waals surface area contributed by atoms with E-state index in [-0.39, 0.29) is 22.7 Å². The second-order valence-corrected chi connectivity index (χ2v) is 7.20. The topological polar surface area (TPSA) is 55.4 Å². The molecule has 2 atom stereocenters. The van der Waals surface area contributed by atoms with Crippen LogP contribution >= 0.6 is 0 Å². The number of hydrogen-bond donors (Lipinski definition) is 1. The van der Waals surface area contributed by atoms with Crippen LogP contribution in [-0.2, 0) is 14.6 Å². The third kappa shape index (κ3) is 3.70. The summed E-state index contributed by atoms with van der Waals surface area (Å²) in [5.41, 5.74) is 0.245. The number of rotatable bonds is 4. The quantitative estimate of drug-likeness (QED) is 0.869. The summed E-state index contributed by atoms with van der Waals surface area (Å²) < 4.78 is 42.4. The van der Waals surface area contributed by atoms with Crippen molar-refractivity contribution < 1.29 is 17.5 Å². The van der Waals surface area contributed by atoms with Crippen LogP contribution in [0.1, 0.15) is 26.2 Å². The molecule has 0 saturated carbocycles. The van der Waals surface area contributed by atoms with Crippen molar-refractivity contribution in [3.8, 4) is 0 Å². The number of anilines is 1. The Morgan fingerprint density at radius 3 is 2.85 bits per heavy atom. The lowest BCUT2D eigenvalue weighted by Crippen LogP contribution is -2.34. The zero-order valence-corrected chi connectivity index (χ0v) is 12.5. The standard InChI is InChI=1S/C14H20FNO3S/c1-3-11-8-10(6-7-19-11)16-14-9-12(20(2,17)18)4-5-13(14)15/h4-5,9-11,16H,3,6-8H2,1-2H3. The molecule has 1 saturated heterocycles. The van der Waals surface area contributed by atoms with Gasteiger partial charge in [-0.2, -0.15) is 0 Å². The molecule has 0 aromatic heterocycles. The fraction of sp³-hybridized carbons (Fsp3) is 0.571. The van der Waals surface area contributed by atoms with Gasteiger partial charge < -0.3 is 10.1 Å². The van der Waals surface area contributed by atoms with Crippen LogP contribution in [0.25, 0.3) is 0 Å². The average molecular weight is 301 g/mol. The molecule has 6 heteroatoms. The monoisotopic (exact) mass is 301 g/mol. The van der Waals surface area contributed by atoms with Gasteiger partial charge in [0.15, 0.2) is 9.84 Å². The second kappa shape index (κ2) is 6.10. The summed E-state index contributed by atoms with van der Waals surface area (Å²) >= 11 is 0. The van der Waals surface area contributed by atoms with Gasteiger partial charge in [0.1, 0.15) is 5.82 Å². The van der Waals surface area contributed by atoms with E-state index in [2.05, 4.69) is 12.2 Å². The maximum atomic E-state index is 13.8. The minimum Gasteiger partial charge on any atom is -0.380 e. The van der Waals surface area contributed by atoms with Crippen molar-refractivity contribution in [2.45, 2.75) is 43.2 Å². The molecule has 2 rings (SSSR count). The van der Waals surface area contributed by atoms with Crippen LogP contribution in [0.3, 0.4) is 0 Å². The maximum absolute atomic E-state index is 13.8. The van der Waals surface area contributed by atoms with E-state index in [4.69, 9.17) is 4.74 Å². The summed E-state index contributed by atoms with van der Waals surface area (Å²) in [6, 6.07) is 3.95. The van der Waals surface area contributed by atoms with E-state index in [0.29, 0.717) is 6.61 Å². The highest BCUT2D eigenvalue weighted by molar-refractivity contribution is 7.90. The van der Waals surface area contributed by atoms with Crippen molar-refractivity contribution in [3.05, 3.63) is 24.0 Å². The van der Waals surface area contributed by atoms with Gasteiger partial charge in [0.2, 0.25) is 0 Å². The first kappa shape index (κ1) is 15.3. The van der Waals surface area contributed by atoms with Gasteiger partial charge in [-0.15, -0.1) is 0 Å². The lowest BCUT2D eigenvalue weighted by atomic mass is 10.0. The molecule has 1 aromatic rings. The highest BCUT2D eigenvalue weighted by atomic mass is 32.2. The molecule has 1 heterocycles. The van der Waals surface area contributed by atoms with E-state index in [1.165, 1.54) is 18.2 Å². The Balaban J connectivity index is 2.16. The van der Waals surface area contributed by atoms with E-state index in [1.807, 2.05) is 0 Å². The third-order valence-electron chi connectivity index (χ3n) is 3.55. The molecule has 1 N–H and O–H groups in total. The molecule has 0 radical (unpaired) electrons. The third-order valence-corrected chi connectivity index (χ3v) is 4.66. The molecule has 0 bridgehead atoms. The van der Waals surface area contributed by atoms with E-state index in [9.17, 15) is 12.8 Å². The van der Waals surface area contributed by atoms with E-state index < -0.39 is 15.7 Å². The molecular formula is C14H20FNO3S. The highest BCUT2D eigenvalue weighted by Gasteiger charge is 2.22. The van der Waals surface area contributed by atoms with E-state index in [1.54, 1.807) is 0 Å². The Kier molecular flexibility index (Phi) is 4.65. The zero-order chi connectivity index (χ0) is 14.8. The summed E-state index contributed by atoms with van der Waals surface area (Å²) in [6.07, 6.45) is 3.82. The first-order valence-corrected chi connectivity index (χ1v) is 8.67. The van der Waals surface area contributed by atoms with Crippen LogP contribution in [0.15, 0.2) is 23.1 Å². The molecule has 20 heavy (non-hydrogen) atoms. The Labute approximate surface area is 119 Å². The maximum Gasteiger partial charge on any atom is 0.175 e. The molecular weight excluding hydrogens is 281 g/mol. The van der Waals surface area contributed by atoms with Gasteiger partial charge in [-0.25, -0.2) is 12.8 Å². The molecule has 2 unspecified atom stereocenters. The molecule has 112 valence electrons. The highest BCUT2D eigenvalue weighted by Crippen LogP contribution is 2.24. The van der Waals surface area contributed by atoms with Crippen molar-refractivity contribution in [2.75, 3.05) is 18.2 Å². The number of nitrogens with one attached hydrogen (secondary N) is 1. The summed E-state index contributed by atoms with van der Waals surface area (Å²) in [7, 11) is -3.33. The van der Waals surface area contributed by atoms with Gasteiger partial charge in [0.05, 0.1) is 16.7 Å². The molecule has 0 spiro atoms. The van der Waals surface area contributed by atoms with Crippen LogP contribution < -0.4 is 5.32 Å². The van der Waals surface area contributed by atoms with Gasteiger partial charge in [-0.05, 0) is 37.5 Å². The first-order valence-electron chi connectivity index (χ1n) is 6.78. The van der Waals surface area contributed by atoms with Crippen LogP contribution in [0, 0.1) is 5.82 Å². The first-order chi connectivity index (χ1) is 9.40. The minimum atomic E-state index is -3.33. The minimum absolute atomic E-state index is 0.109. The normalized spacial score (nSPS) is 23.6. The van der Waals surface area contributed by atoms with E-state index >= 15 is 0 Å². The Bertz CT molecular complexity index is 574. The smallest absolute Gasteiger partial charge is 0.175 e. The number of ether oxygens (including phenoxy) is 1. The number of halogens is 1. The van der Waals surface area contributed by atoms with Crippen LogP contribution in [0.4, 0.5) is 10.1 Å². The predicted molar refractivity (Wildman–Crippen MR) is 76.2 cm³/mol. The van der Waals surface area contributed by atoms with Crippen molar-refractivity contribution in [1.82, 2.24) is 0 Å². The molecule has 1 aliphatic rings. The second-order valence-electron chi connectivity index (χ2n) is 5.18. The van der Waals surface area contributed by atoms with Crippen LogP contribution in [0.2, 0.25) is 0 Å². The van der Waals surface area contributed by atoms with Gasteiger partial charge in [0, 0.05) is 18.9 Å². The van der Waals surface area contributed by atoms with E-state index in [0.717, 1.165) is 25.5 Å². The Morgan fingerprint density at radius 1 is 1.45 bits per heavy atom. The predicted octanol–water partition coefficient (Wildman–Crippen LogP) is 2.60. The largest absolute Gasteiger partial charge is 0.380 e. The fourth-order valence-electron chi connectivity index (χ4n) is 2.36. The van der Waals surface area contributed by atoms with Crippen LogP contribution in [-0.4, -0.2) is 33.4 Å². The summed E-state index contributed by atoms with van der Waals surface area (Å²) in [5.74, 6) is -0.433. The average Bonchev–Trinajstić information content (AvgIpc) is 2.40. The van der Waals surface area contributed by atoms with Gasteiger partial charge in [-0.1, -0.05) is 6.92 Å². The SMILES string of the molecule is CCC1CC(Nc2cc(S(C)(=O)=O)ccc2F)CCO1. The van der Waals surface area contributed by atoms with Crippen molar-refractivity contribution >= 4 is 15.5 Å². The molecule has 1 fully saturated rings.